The first-order chi connectivity index (χ1) is 41.6. The molecule has 0 atom stereocenters. The van der Waals surface area contributed by atoms with Crippen molar-refractivity contribution >= 4 is 74.3 Å². The van der Waals surface area contributed by atoms with Gasteiger partial charge in [0.05, 0.1) is 5.69 Å². The Morgan fingerprint density at radius 2 is 0.860 bits per heavy atom. The summed E-state index contributed by atoms with van der Waals surface area (Å²) in [4.78, 5) is 7.40. The lowest BCUT2D eigenvalue weighted by molar-refractivity contribution is 0.332. The Morgan fingerprint density at radius 1 is 0.407 bits per heavy atom. The second kappa shape index (κ2) is 19.5. The van der Waals surface area contributed by atoms with Crippen LogP contribution in [0, 0.1) is 13.8 Å². The van der Waals surface area contributed by atoms with E-state index in [1.807, 2.05) is 12.1 Å². The number of hydrogen-bond acceptors (Lipinski definition) is 3. The van der Waals surface area contributed by atoms with E-state index in [0.717, 1.165) is 86.1 Å². The van der Waals surface area contributed by atoms with Gasteiger partial charge >= 0.3 is 0 Å². The van der Waals surface area contributed by atoms with E-state index in [9.17, 15) is 4.11 Å². The van der Waals surface area contributed by atoms with Crippen LogP contribution in [0.15, 0.2) is 176 Å². The van der Waals surface area contributed by atoms with Crippen LogP contribution in [-0.4, -0.2) is 6.71 Å². The number of benzene rings is 9. The standard InChI is InChI=1S/C82H90BN3/c1-51-43-73-75-74(44-51)86(71-49-64-63(45-52(71)2)79(12,13)41-42-80(64,14)15)72-50-66-65(81(16,17)61-27-23-24-28-62(61)82(66,18)19)48-68(72)83(75)67-47-59(84(57-34-29-54(30-35-57)76(3,4)5)58-36-31-55(32-37-58)77(6,7)8)38-40-70(67)85(73)69-39-33-56(78(9,10)11)46-60(69)53-25-21-20-22-26-53/h20-40,43-50H,41-42H2,1-19H3/i1D3. The van der Waals surface area contributed by atoms with Gasteiger partial charge in [-0.3, -0.25) is 0 Å². The lowest BCUT2D eigenvalue weighted by atomic mass is 9.33. The van der Waals surface area contributed by atoms with Crippen LogP contribution < -0.4 is 31.1 Å². The molecule has 0 fully saturated rings. The lowest BCUT2D eigenvalue weighted by Crippen LogP contribution is -2.62. The van der Waals surface area contributed by atoms with Gasteiger partial charge in [0.1, 0.15) is 0 Å². The molecule has 0 unspecified atom stereocenters. The molecule has 86 heavy (non-hydrogen) atoms. The number of aryl methyl sites for hydroxylation is 2. The van der Waals surface area contributed by atoms with Crippen LogP contribution in [0.4, 0.5) is 51.2 Å². The van der Waals surface area contributed by atoms with Gasteiger partial charge in [0.15, 0.2) is 0 Å². The minimum atomic E-state index is -2.45. The average Bonchev–Trinajstić information content (AvgIpc) is 0.686. The predicted molar refractivity (Wildman–Crippen MR) is 372 cm³/mol. The summed E-state index contributed by atoms with van der Waals surface area (Å²) < 4.78 is 28.5. The van der Waals surface area contributed by atoms with Gasteiger partial charge in [-0.15, -0.1) is 0 Å². The first kappa shape index (κ1) is 53.9. The molecule has 0 spiro atoms. The van der Waals surface area contributed by atoms with Crippen molar-refractivity contribution in [2.45, 2.75) is 182 Å². The Bertz CT molecular complexity index is 4260. The molecule has 0 saturated carbocycles. The Kier molecular flexibility index (Phi) is 12.2. The molecule has 0 saturated heterocycles. The minimum absolute atomic E-state index is 0.0144. The van der Waals surface area contributed by atoms with Crippen LogP contribution in [0.25, 0.3) is 11.1 Å². The Labute approximate surface area is 520 Å². The number of rotatable bonds is 6. The summed E-state index contributed by atoms with van der Waals surface area (Å²) >= 11 is 0. The summed E-state index contributed by atoms with van der Waals surface area (Å²) in [6.45, 7) is 39.3. The van der Waals surface area contributed by atoms with Crippen LogP contribution in [-0.2, 0) is 37.9 Å². The zero-order valence-electron chi connectivity index (χ0n) is 57.6. The molecule has 2 heterocycles. The molecule has 3 nitrogen and oxygen atoms in total. The monoisotopic (exact) mass is 1130 g/mol. The highest BCUT2D eigenvalue weighted by molar-refractivity contribution is 7.00. The van der Waals surface area contributed by atoms with E-state index in [1.165, 1.54) is 61.1 Å². The third-order valence-electron chi connectivity index (χ3n) is 20.6. The summed E-state index contributed by atoms with van der Waals surface area (Å²) in [5, 5.41) is 0. The van der Waals surface area contributed by atoms with E-state index < -0.39 is 6.85 Å². The highest BCUT2D eigenvalue weighted by Crippen LogP contribution is 2.56. The molecule has 9 aromatic carbocycles. The molecule has 4 aliphatic rings. The Morgan fingerprint density at radius 3 is 1.40 bits per heavy atom. The Hall–Kier alpha value is -7.56. The first-order valence-corrected chi connectivity index (χ1v) is 31.7. The lowest BCUT2D eigenvalue weighted by Gasteiger charge is -2.49. The quantitative estimate of drug-likeness (QED) is 0.154. The summed E-state index contributed by atoms with van der Waals surface area (Å²) in [5.74, 6) is 0. The van der Waals surface area contributed by atoms with Crippen molar-refractivity contribution in [1.29, 1.82) is 0 Å². The maximum absolute atomic E-state index is 9.51. The molecule has 0 N–H and O–H groups in total. The smallest absolute Gasteiger partial charge is 0.252 e. The summed E-state index contributed by atoms with van der Waals surface area (Å²) in [6, 6.07) is 66.5. The minimum Gasteiger partial charge on any atom is -0.311 e. The van der Waals surface area contributed by atoms with Crippen molar-refractivity contribution in [2.24, 2.45) is 0 Å². The number of hydrogen-bond donors (Lipinski definition) is 0. The normalized spacial score (nSPS) is 17.4. The maximum Gasteiger partial charge on any atom is 0.252 e. The van der Waals surface area contributed by atoms with Gasteiger partial charge in [-0.1, -0.05) is 215 Å². The number of anilines is 9. The molecule has 436 valence electrons. The molecule has 2 aliphatic carbocycles. The number of nitrogens with zero attached hydrogens (tertiary/aromatic N) is 3. The molecular formula is C82H90BN3. The highest BCUT2D eigenvalue weighted by atomic mass is 15.2. The zero-order chi connectivity index (χ0) is 63.7. The molecule has 2 aliphatic heterocycles. The van der Waals surface area contributed by atoms with Crippen LogP contribution in [0.1, 0.15) is 196 Å². The van der Waals surface area contributed by atoms with Gasteiger partial charge in [0.25, 0.3) is 6.71 Å². The summed E-state index contributed by atoms with van der Waals surface area (Å²) in [6.07, 6.45) is 2.17. The van der Waals surface area contributed by atoms with Gasteiger partial charge in [0.2, 0.25) is 0 Å². The highest BCUT2D eigenvalue weighted by Gasteiger charge is 2.49. The third kappa shape index (κ3) is 9.12. The molecule has 4 heteroatoms. The van der Waals surface area contributed by atoms with E-state index in [2.05, 4.69) is 303 Å². The van der Waals surface area contributed by atoms with Crippen molar-refractivity contribution in [3.8, 4) is 11.1 Å². The van der Waals surface area contributed by atoms with Crippen molar-refractivity contribution in [3.63, 3.8) is 0 Å². The van der Waals surface area contributed by atoms with Crippen LogP contribution >= 0.6 is 0 Å². The third-order valence-corrected chi connectivity index (χ3v) is 20.6. The molecule has 0 radical (unpaired) electrons. The average molecular weight is 1130 g/mol. The molecule has 9 aromatic rings. The predicted octanol–water partition coefficient (Wildman–Crippen LogP) is 20.7. The van der Waals surface area contributed by atoms with Crippen LogP contribution in [0.5, 0.6) is 0 Å². The van der Waals surface area contributed by atoms with E-state index in [0.29, 0.717) is 5.56 Å². The largest absolute Gasteiger partial charge is 0.311 e. The summed E-state index contributed by atoms with van der Waals surface area (Å²) in [5.41, 5.74) is 27.0. The SMILES string of the molecule is [2H]C([2H])([2H])c1cc2c3c(c1)N(c1ccc(C(C)(C)C)cc1-c1ccccc1)c1ccc(N(c4ccc(C(C)(C)C)cc4)c4ccc(C(C)(C)C)cc4)cc1B3c1cc3c(cc1N2c1cc2c(cc1C)C(C)(C)CCC2(C)C)C(C)(C)c1ccccc1C3(C)C. The van der Waals surface area contributed by atoms with Crippen LogP contribution in [0.2, 0.25) is 0 Å². The van der Waals surface area contributed by atoms with E-state index in [1.54, 1.807) is 0 Å². The zero-order valence-corrected chi connectivity index (χ0v) is 54.6. The second-order valence-corrected chi connectivity index (χ2v) is 31.3. The van der Waals surface area contributed by atoms with Gasteiger partial charge in [0, 0.05) is 66.0 Å². The van der Waals surface area contributed by atoms with Crippen molar-refractivity contribution in [3.05, 3.63) is 237 Å². The van der Waals surface area contributed by atoms with Gasteiger partial charge < -0.3 is 14.7 Å². The Balaban J connectivity index is 1.19. The fraction of sp³-hybridized carbons (Fsp3) is 0.341. The molecule has 0 aromatic heterocycles. The molecule has 13 rings (SSSR count). The number of fused-ring (bicyclic) bond motifs is 7. The van der Waals surface area contributed by atoms with Crippen LogP contribution in [0.3, 0.4) is 0 Å². The fourth-order valence-corrected chi connectivity index (χ4v) is 15.3. The van der Waals surface area contributed by atoms with Crippen molar-refractivity contribution in [1.82, 2.24) is 0 Å². The van der Waals surface area contributed by atoms with Gasteiger partial charge in [-0.25, -0.2) is 0 Å². The van der Waals surface area contributed by atoms with Gasteiger partial charge in [-0.2, -0.15) is 0 Å². The fourth-order valence-electron chi connectivity index (χ4n) is 15.3. The first-order valence-electron chi connectivity index (χ1n) is 33.2. The van der Waals surface area contributed by atoms with Gasteiger partial charge in [-0.05, 0) is 216 Å². The van der Waals surface area contributed by atoms with E-state index in [4.69, 9.17) is 0 Å². The molecular weight excluding hydrogens is 1040 g/mol. The van der Waals surface area contributed by atoms with Crippen molar-refractivity contribution in [2.75, 3.05) is 14.7 Å². The maximum atomic E-state index is 9.51. The van der Waals surface area contributed by atoms with Crippen molar-refractivity contribution < 1.29 is 4.11 Å². The topological polar surface area (TPSA) is 9.72 Å². The molecule has 0 amide bonds. The van der Waals surface area contributed by atoms with E-state index >= 15 is 0 Å². The van der Waals surface area contributed by atoms with E-state index in [-0.39, 0.29) is 44.6 Å². The molecule has 0 bridgehead atoms. The second-order valence-electron chi connectivity index (χ2n) is 31.3. The summed E-state index contributed by atoms with van der Waals surface area (Å²) in [7, 11) is 0.